The first-order chi connectivity index (χ1) is 9.54. The van der Waals surface area contributed by atoms with Crippen molar-refractivity contribution in [2.75, 3.05) is 27.2 Å². The van der Waals surface area contributed by atoms with E-state index in [-0.39, 0.29) is 5.91 Å². The highest BCUT2D eigenvalue weighted by Gasteiger charge is 2.08. The number of nitrogens with two attached hydrogens (primary N) is 1. The van der Waals surface area contributed by atoms with Crippen molar-refractivity contribution in [2.24, 2.45) is 5.73 Å². The molecule has 0 fully saturated rings. The number of rotatable bonds is 8. The Labute approximate surface area is 120 Å². The van der Waals surface area contributed by atoms with Crippen LogP contribution in [0.5, 0.6) is 5.75 Å². The van der Waals surface area contributed by atoms with Crippen LogP contribution in [0.25, 0.3) is 0 Å². The van der Waals surface area contributed by atoms with Crippen molar-refractivity contribution in [1.82, 2.24) is 4.90 Å². The number of ether oxygens (including phenoxy) is 1. The number of benzene rings is 1. The third kappa shape index (κ3) is 5.59. The lowest BCUT2D eigenvalue weighted by molar-refractivity contribution is -0.128. The van der Waals surface area contributed by atoms with Gasteiger partial charge < -0.3 is 20.5 Å². The summed E-state index contributed by atoms with van der Waals surface area (Å²) in [6.07, 6.45) is 1.12. The minimum atomic E-state index is -0.557. The third-order valence-corrected chi connectivity index (χ3v) is 2.99. The van der Waals surface area contributed by atoms with Gasteiger partial charge in [-0.3, -0.25) is 4.79 Å². The van der Waals surface area contributed by atoms with Gasteiger partial charge in [0.25, 0.3) is 0 Å². The molecular formula is C15H24N2O3. The molecule has 3 N–H and O–H groups in total. The summed E-state index contributed by atoms with van der Waals surface area (Å²) >= 11 is 0. The Balaban J connectivity index is 2.41. The number of hydrogen-bond donors (Lipinski definition) is 2. The van der Waals surface area contributed by atoms with E-state index in [2.05, 4.69) is 0 Å². The smallest absolute Gasteiger partial charge is 0.222 e. The van der Waals surface area contributed by atoms with E-state index in [0.717, 1.165) is 5.56 Å². The van der Waals surface area contributed by atoms with Gasteiger partial charge in [-0.1, -0.05) is 12.1 Å². The summed E-state index contributed by atoms with van der Waals surface area (Å²) in [6.45, 7) is 0.926. The van der Waals surface area contributed by atoms with E-state index in [1.54, 1.807) is 19.0 Å². The molecule has 20 heavy (non-hydrogen) atoms. The molecule has 1 aromatic carbocycles. The van der Waals surface area contributed by atoms with Gasteiger partial charge in [-0.05, 0) is 37.1 Å². The number of nitrogens with zero attached hydrogens (tertiary/aromatic N) is 1. The molecular weight excluding hydrogens is 256 g/mol. The molecule has 0 spiro atoms. The largest absolute Gasteiger partial charge is 0.494 e. The number of hydrogen-bond acceptors (Lipinski definition) is 4. The second-order valence-electron chi connectivity index (χ2n) is 4.91. The molecule has 0 aliphatic heterocycles. The molecule has 0 aromatic heterocycles. The first-order valence-electron chi connectivity index (χ1n) is 6.85. The lowest BCUT2D eigenvalue weighted by atomic mass is 10.1. The van der Waals surface area contributed by atoms with Crippen molar-refractivity contribution in [3.8, 4) is 5.75 Å². The Hall–Kier alpha value is -1.59. The summed E-state index contributed by atoms with van der Waals surface area (Å²) < 4.78 is 5.59. The molecule has 0 radical (unpaired) electrons. The zero-order valence-electron chi connectivity index (χ0n) is 12.2. The van der Waals surface area contributed by atoms with Crippen molar-refractivity contribution in [1.29, 1.82) is 0 Å². The molecule has 5 nitrogen and oxygen atoms in total. The lowest BCUT2D eigenvalue weighted by Crippen LogP contribution is -2.21. The lowest BCUT2D eigenvalue weighted by Gasteiger charge is -2.13. The standard InChI is InChI=1S/C15H24N2O3/c1-17(2)15(19)7-4-10-20-13-6-3-5-12(11-13)14(18)8-9-16/h3,5-6,11,14,18H,4,7-10,16H2,1-2H3. The maximum absolute atomic E-state index is 11.4. The highest BCUT2D eigenvalue weighted by Crippen LogP contribution is 2.21. The SMILES string of the molecule is CN(C)C(=O)CCCOc1cccc(C(O)CCN)c1. The van der Waals surface area contributed by atoms with Gasteiger partial charge in [-0.25, -0.2) is 0 Å². The topological polar surface area (TPSA) is 75.8 Å². The number of carbonyl (C=O) groups excluding carboxylic acids is 1. The van der Waals surface area contributed by atoms with Gasteiger partial charge in [0.05, 0.1) is 12.7 Å². The van der Waals surface area contributed by atoms with Crippen molar-refractivity contribution in [2.45, 2.75) is 25.4 Å². The van der Waals surface area contributed by atoms with E-state index >= 15 is 0 Å². The predicted molar refractivity (Wildman–Crippen MR) is 78.5 cm³/mol. The minimum Gasteiger partial charge on any atom is -0.494 e. The van der Waals surface area contributed by atoms with Crippen LogP contribution < -0.4 is 10.5 Å². The van der Waals surface area contributed by atoms with Crippen LogP contribution in [0.1, 0.15) is 30.9 Å². The normalized spacial score (nSPS) is 12.0. The molecule has 0 saturated heterocycles. The average molecular weight is 280 g/mol. The van der Waals surface area contributed by atoms with Gasteiger partial charge in [0.1, 0.15) is 5.75 Å². The second-order valence-corrected chi connectivity index (χ2v) is 4.91. The van der Waals surface area contributed by atoms with Gasteiger partial charge in [-0.2, -0.15) is 0 Å². The summed E-state index contributed by atoms with van der Waals surface area (Å²) in [6, 6.07) is 7.35. The highest BCUT2D eigenvalue weighted by atomic mass is 16.5. The van der Waals surface area contributed by atoms with Gasteiger partial charge >= 0.3 is 0 Å². The zero-order chi connectivity index (χ0) is 15.0. The maximum atomic E-state index is 11.4. The fraction of sp³-hybridized carbons (Fsp3) is 0.533. The Bertz CT molecular complexity index is 421. The van der Waals surface area contributed by atoms with Crippen LogP contribution in [-0.2, 0) is 4.79 Å². The molecule has 5 heteroatoms. The molecule has 0 saturated carbocycles. The fourth-order valence-electron chi connectivity index (χ4n) is 1.77. The van der Waals surface area contributed by atoms with Gasteiger partial charge in [-0.15, -0.1) is 0 Å². The third-order valence-electron chi connectivity index (χ3n) is 2.99. The zero-order valence-corrected chi connectivity index (χ0v) is 12.2. The molecule has 112 valence electrons. The fourth-order valence-corrected chi connectivity index (χ4v) is 1.77. The van der Waals surface area contributed by atoms with Crippen LogP contribution in [0.4, 0.5) is 0 Å². The van der Waals surface area contributed by atoms with Crippen molar-refractivity contribution in [3.05, 3.63) is 29.8 Å². The molecule has 1 unspecified atom stereocenters. The summed E-state index contributed by atoms with van der Waals surface area (Å²) in [5, 5.41) is 9.86. The predicted octanol–water partition coefficient (Wildman–Crippen LogP) is 1.32. The molecule has 0 aliphatic carbocycles. The van der Waals surface area contributed by atoms with E-state index in [9.17, 15) is 9.90 Å². The van der Waals surface area contributed by atoms with Gasteiger partial charge in [0, 0.05) is 20.5 Å². The minimum absolute atomic E-state index is 0.0979. The monoisotopic (exact) mass is 280 g/mol. The number of amides is 1. The first-order valence-corrected chi connectivity index (χ1v) is 6.85. The maximum Gasteiger partial charge on any atom is 0.222 e. The van der Waals surface area contributed by atoms with E-state index in [0.29, 0.717) is 38.2 Å². The number of carbonyl (C=O) groups is 1. The summed E-state index contributed by atoms with van der Waals surface area (Å²) in [7, 11) is 3.48. The van der Waals surface area contributed by atoms with Crippen LogP contribution in [0.15, 0.2) is 24.3 Å². The molecule has 1 atom stereocenters. The molecule has 0 aliphatic rings. The van der Waals surface area contributed by atoms with Crippen molar-refractivity contribution < 1.29 is 14.6 Å². The van der Waals surface area contributed by atoms with Crippen LogP contribution >= 0.6 is 0 Å². The molecule has 0 bridgehead atoms. The van der Waals surface area contributed by atoms with Gasteiger partial charge in [0.15, 0.2) is 0 Å². The second kappa shape index (κ2) is 8.55. The molecule has 0 heterocycles. The quantitative estimate of drug-likeness (QED) is 0.704. The Morgan fingerprint density at radius 2 is 2.20 bits per heavy atom. The summed E-state index contributed by atoms with van der Waals surface area (Å²) in [4.78, 5) is 13.0. The number of aliphatic hydroxyl groups is 1. The molecule has 1 rings (SSSR count). The Kier molecular flexibility index (Phi) is 7.04. The summed E-state index contributed by atoms with van der Waals surface area (Å²) in [5.74, 6) is 0.802. The highest BCUT2D eigenvalue weighted by molar-refractivity contribution is 5.75. The van der Waals surface area contributed by atoms with E-state index in [1.165, 1.54) is 0 Å². The number of aliphatic hydroxyl groups excluding tert-OH is 1. The van der Waals surface area contributed by atoms with E-state index in [1.807, 2.05) is 24.3 Å². The van der Waals surface area contributed by atoms with Crippen LogP contribution in [0, 0.1) is 0 Å². The first kappa shape index (κ1) is 16.5. The molecule has 1 aromatic rings. The van der Waals surface area contributed by atoms with Gasteiger partial charge in [0.2, 0.25) is 5.91 Å². The van der Waals surface area contributed by atoms with Crippen molar-refractivity contribution >= 4 is 5.91 Å². The van der Waals surface area contributed by atoms with Crippen LogP contribution in [-0.4, -0.2) is 43.2 Å². The van der Waals surface area contributed by atoms with E-state index in [4.69, 9.17) is 10.5 Å². The Morgan fingerprint density at radius 1 is 1.45 bits per heavy atom. The van der Waals surface area contributed by atoms with Crippen LogP contribution in [0.3, 0.4) is 0 Å². The summed E-state index contributed by atoms with van der Waals surface area (Å²) in [5.41, 5.74) is 6.23. The molecule has 1 amide bonds. The average Bonchev–Trinajstić information content (AvgIpc) is 2.43. The van der Waals surface area contributed by atoms with Crippen LogP contribution in [0.2, 0.25) is 0 Å². The van der Waals surface area contributed by atoms with E-state index < -0.39 is 6.10 Å². The van der Waals surface area contributed by atoms with Crippen molar-refractivity contribution in [3.63, 3.8) is 0 Å². The Morgan fingerprint density at radius 3 is 2.85 bits per heavy atom.